The third-order valence-electron chi connectivity index (χ3n) is 4.39. The number of amides is 1. The summed E-state index contributed by atoms with van der Waals surface area (Å²) in [5.74, 6) is 0.00292. The summed E-state index contributed by atoms with van der Waals surface area (Å²) in [5.41, 5.74) is 2.87. The number of carbonyl (C=O) groups excluding carboxylic acids is 1. The second-order valence-corrected chi connectivity index (χ2v) is 6.78. The van der Waals surface area contributed by atoms with Crippen LogP contribution in [0.1, 0.15) is 21.6 Å². The number of rotatable bonds is 8. The van der Waals surface area contributed by atoms with E-state index in [2.05, 4.69) is 4.57 Å². The highest BCUT2D eigenvalue weighted by Crippen LogP contribution is 2.16. The lowest BCUT2D eigenvalue weighted by molar-refractivity contribution is 0.0676. The fourth-order valence-corrected chi connectivity index (χ4v) is 3.20. The largest absolute Gasteiger partial charge is 0.383 e. The average molecular weight is 383 g/mol. The summed E-state index contributed by atoms with van der Waals surface area (Å²) in [7, 11) is 1.65. The van der Waals surface area contributed by atoms with Crippen molar-refractivity contribution in [3.63, 3.8) is 0 Å². The summed E-state index contributed by atoms with van der Waals surface area (Å²) >= 11 is 6.10. The van der Waals surface area contributed by atoms with Gasteiger partial charge < -0.3 is 14.2 Å². The molecule has 0 unspecified atom stereocenters. The van der Waals surface area contributed by atoms with Crippen LogP contribution >= 0.6 is 11.6 Å². The van der Waals surface area contributed by atoms with Gasteiger partial charge in [-0.2, -0.15) is 0 Å². The molecule has 0 atom stereocenters. The molecule has 0 saturated carbocycles. The predicted octanol–water partition coefficient (Wildman–Crippen LogP) is 4.48. The van der Waals surface area contributed by atoms with Crippen LogP contribution in [0.4, 0.5) is 0 Å². The maximum atomic E-state index is 12.9. The molecule has 0 aliphatic rings. The highest BCUT2D eigenvalue weighted by molar-refractivity contribution is 6.30. The minimum Gasteiger partial charge on any atom is -0.383 e. The Morgan fingerprint density at radius 2 is 1.89 bits per heavy atom. The molecule has 0 radical (unpaired) electrons. The first kappa shape index (κ1) is 19.2. The summed E-state index contributed by atoms with van der Waals surface area (Å²) in [6, 6.07) is 21.2. The van der Waals surface area contributed by atoms with E-state index in [4.69, 9.17) is 16.3 Å². The molecule has 140 valence electrons. The van der Waals surface area contributed by atoms with Crippen molar-refractivity contribution in [1.29, 1.82) is 0 Å². The topological polar surface area (TPSA) is 34.5 Å². The zero-order chi connectivity index (χ0) is 19.1. The van der Waals surface area contributed by atoms with E-state index >= 15 is 0 Å². The van der Waals surface area contributed by atoms with E-state index in [-0.39, 0.29) is 5.91 Å². The Morgan fingerprint density at radius 1 is 1.07 bits per heavy atom. The number of carbonyl (C=O) groups is 1. The van der Waals surface area contributed by atoms with Crippen LogP contribution < -0.4 is 0 Å². The molecule has 4 nitrogen and oxygen atoms in total. The third-order valence-corrected chi connectivity index (χ3v) is 4.63. The molecule has 5 heteroatoms. The number of halogens is 1. The van der Waals surface area contributed by atoms with Crippen LogP contribution in [-0.2, 0) is 17.8 Å². The molecular formula is C22H23ClN2O2. The zero-order valence-corrected chi connectivity index (χ0v) is 16.1. The van der Waals surface area contributed by atoms with Gasteiger partial charge in [0.1, 0.15) is 0 Å². The van der Waals surface area contributed by atoms with Gasteiger partial charge in [0.25, 0.3) is 5.91 Å². The molecule has 0 N–H and O–H groups in total. The van der Waals surface area contributed by atoms with Gasteiger partial charge in [0.05, 0.1) is 13.2 Å². The summed E-state index contributed by atoms with van der Waals surface area (Å²) in [5, 5.41) is 0.724. The van der Waals surface area contributed by atoms with Gasteiger partial charge in [-0.05, 0) is 42.0 Å². The fourth-order valence-electron chi connectivity index (χ4n) is 2.99. The molecule has 1 aromatic heterocycles. The number of aromatic nitrogens is 1. The number of benzene rings is 2. The SMILES string of the molecule is COCCN(Cc1cccn1Cc1cccc(Cl)c1)C(=O)c1ccccc1. The summed E-state index contributed by atoms with van der Waals surface area (Å²) in [6.45, 7) is 2.26. The Balaban J connectivity index is 1.78. The molecule has 1 heterocycles. The second-order valence-electron chi connectivity index (χ2n) is 6.34. The number of hydrogen-bond acceptors (Lipinski definition) is 2. The maximum Gasteiger partial charge on any atom is 0.254 e. The molecular weight excluding hydrogens is 360 g/mol. The molecule has 0 spiro atoms. The highest BCUT2D eigenvalue weighted by Gasteiger charge is 2.17. The van der Waals surface area contributed by atoms with Crippen molar-refractivity contribution in [3.8, 4) is 0 Å². The predicted molar refractivity (Wildman–Crippen MR) is 108 cm³/mol. The third kappa shape index (κ3) is 5.22. The van der Waals surface area contributed by atoms with E-state index in [1.807, 2.05) is 77.8 Å². The van der Waals surface area contributed by atoms with E-state index < -0.39 is 0 Å². The number of hydrogen-bond donors (Lipinski definition) is 0. The minimum absolute atomic E-state index is 0.00292. The molecule has 0 aliphatic carbocycles. The molecule has 1 amide bonds. The number of methoxy groups -OCH3 is 1. The van der Waals surface area contributed by atoms with Crippen LogP contribution in [0.15, 0.2) is 72.9 Å². The molecule has 3 rings (SSSR count). The first-order chi connectivity index (χ1) is 13.2. The first-order valence-corrected chi connectivity index (χ1v) is 9.27. The fraction of sp³-hybridized carbons (Fsp3) is 0.227. The molecule has 0 fully saturated rings. The van der Waals surface area contributed by atoms with Gasteiger partial charge >= 0.3 is 0 Å². The monoisotopic (exact) mass is 382 g/mol. The first-order valence-electron chi connectivity index (χ1n) is 8.89. The van der Waals surface area contributed by atoms with Crippen LogP contribution in [0.25, 0.3) is 0 Å². The molecule has 27 heavy (non-hydrogen) atoms. The zero-order valence-electron chi connectivity index (χ0n) is 15.3. The smallest absolute Gasteiger partial charge is 0.254 e. The van der Waals surface area contributed by atoms with E-state index in [1.165, 1.54) is 0 Å². The summed E-state index contributed by atoms with van der Waals surface area (Å²) in [6.07, 6.45) is 2.03. The minimum atomic E-state index is 0.00292. The molecule has 2 aromatic carbocycles. The molecule has 3 aromatic rings. The Bertz CT molecular complexity index is 877. The maximum absolute atomic E-state index is 12.9. The highest BCUT2D eigenvalue weighted by atomic mass is 35.5. The quantitative estimate of drug-likeness (QED) is 0.575. The van der Waals surface area contributed by atoms with Crippen LogP contribution in [0, 0.1) is 0 Å². The molecule has 0 bridgehead atoms. The van der Waals surface area contributed by atoms with Gasteiger partial charge in [-0.3, -0.25) is 4.79 Å². The average Bonchev–Trinajstić information content (AvgIpc) is 3.12. The van der Waals surface area contributed by atoms with Crippen LogP contribution in [0.2, 0.25) is 5.02 Å². The Morgan fingerprint density at radius 3 is 2.63 bits per heavy atom. The lowest BCUT2D eigenvalue weighted by Gasteiger charge is -2.23. The van der Waals surface area contributed by atoms with Crippen molar-refractivity contribution < 1.29 is 9.53 Å². The van der Waals surface area contributed by atoms with Gasteiger partial charge in [-0.15, -0.1) is 0 Å². The lowest BCUT2D eigenvalue weighted by Crippen LogP contribution is -2.34. The Kier molecular flexibility index (Phi) is 6.69. The van der Waals surface area contributed by atoms with Crippen LogP contribution in [0.3, 0.4) is 0 Å². The van der Waals surface area contributed by atoms with Gasteiger partial charge in [0, 0.05) is 42.7 Å². The van der Waals surface area contributed by atoms with Crippen molar-refractivity contribution in [2.75, 3.05) is 20.3 Å². The van der Waals surface area contributed by atoms with E-state index in [1.54, 1.807) is 7.11 Å². The van der Waals surface area contributed by atoms with Crippen molar-refractivity contribution >= 4 is 17.5 Å². The molecule has 0 saturated heterocycles. The van der Waals surface area contributed by atoms with Gasteiger partial charge in [0.15, 0.2) is 0 Å². The number of ether oxygens (including phenoxy) is 1. The van der Waals surface area contributed by atoms with Crippen molar-refractivity contribution in [2.24, 2.45) is 0 Å². The van der Waals surface area contributed by atoms with E-state index in [0.29, 0.717) is 31.8 Å². The van der Waals surface area contributed by atoms with E-state index in [9.17, 15) is 4.79 Å². The van der Waals surface area contributed by atoms with Crippen molar-refractivity contribution in [2.45, 2.75) is 13.1 Å². The second kappa shape index (κ2) is 9.40. The molecule has 0 aliphatic heterocycles. The van der Waals surface area contributed by atoms with Crippen LogP contribution in [0.5, 0.6) is 0 Å². The summed E-state index contributed by atoms with van der Waals surface area (Å²) in [4.78, 5) is 14.8. The van der Waals surface area contributed by atoms with Gasteiger partial charge in [-0.1, -0.05) is 41.9 Å². The lowest BCUT2D eigenvalue weighted by atomic mass is 10.2. The van der Waals surface area contributed by atoms with Gasteiger partial charge in [0.2, 0.25) is 0 Å². The summed E-state index contributed by atoms with van der Waals surface area (Å²) < 4.78 is 7.34. The van der Waals surface area contributed by atoms with Crippen molar-refractivity contribution in [1.82, 2.24) is 9.47 Å². The number of nitrogens with zero attached hydrogens (tertiary/aromatic N) is 2. The van der Waals surface area contributed by atoms with E-state index in [0.717, 1.165) is 16.3 Å². The van der Waals surface area contributed by atoms with Gasteiger partial charge in [-0.25, -0.2) is 0 Å². The van der Waals surface area contributed by atoms with Crippen LogP contribution in [-0.4, -0.2) is 35.6 Å². The Labute approximate surface area is 164 Å². The Hall–Kier alpha value is -2.56. The normalized spacial score (nSPS) is 10.7. The standard InChI is InChI=1S/C22H23ClN2O2/c1-27-14-13-25(22(26)19-8-3-2-4-9-19)17-21-11-6-12-24(21)16-18-7-5-10-20(23)15-18/h2-12,15H,13-14,16-17H2,1H3. The van der Waals surface area contributed by atoms with Crippen molar-refractivity contribution in [3.05, 3.63) is 94.8 Å².